The van der Waals surface area contributed by atoms with Crippen molar-refractivity contribution in [3.05, 3.63) is 89.0 Å². The summed E-state index contributed by atoms with van der Waals surface area (Å²) in [6.07, 6.45) is 1.12. The summed E-state index contributed by atoms with van der Waals surface area (Å²) in [6, 6.07) is 19.1. The number of carbonyl (C=O) groups excluding carboxylic acids is 2. The van der Waals surface area contributed by atoms with Crippen LogP contribution in [0.15, 0.2) is 66.7 Å². The number of aryl methyl sites for hydroxylation is 1. The molecule has 0 spiro atoms. The third-order valence-electron chi connectivity index (χ3n) is 4.30. The smallest absolute Gasteiger partial charge is 0.262 e. The van der Waals surface area contributed by atoms with Crippen molar-refractivity contribution < 1.29 is 14.3 Å². The average Bonchev–Trinajstić information content (AvgIpc) is 2.74. The Hall–Kier alpha value is -3.93. The molecule has 0 radical (unpaired) electrons. The number of ketones is 1. The number of nitrogens with one attached hydrogen (secondary N) is 2. The molecule has 1 amide bonds. The monoisotopic (exact) mass is 387 g/mol. The van der Waals surface area contributed by atoms with Gasteiger partial charge in [0, 0.05) is 28.7 Å². The molecule has 146 valence electrons. The number of nitrogen functional groups attached to an aromatic ring is 1. The number of anilines is 2. The van der Waals surface area contributed by atoms with Crippen LogP contribution in [0.2, 0.25) is 0 Å². The molecule has 0 saturated carbocycles. The molecule has 3 aromatic rings. The number of hydrogen-bond acceptors (Lipinski definition) is 5. The van der Waals surface area contributed by atoms with E-state index in [0.29, 0.717) is 33.8 Å². The van der Waals surface area contributed by atoms with Crippen LogP contribution in [-0.4, -0.2) is 24.5 Å². The summed E-state index contributed by atoms with van der Waals surface area (Å²) in [5.74, 6) is -0.208. The predicted molar refractivity (Wildman–Crippen MR) is 114 cm³/mol. The summed E-state index contributed by atoms with van der Waals surface area (Å²) in [6.45, 7) is 1.63. The van der Waals surface area contributed by atoms with Gasteiger partial charge < -0.3 is 21.2 Å². The maximum atomic E-state index is 12.8. The lowest BCUT2D eigenvalue weighted by molar-refractivity contribution is -0.118. The van der Waals surface area contributed by atoms with Gasteiger partial charge in [-0.1, -0.05) is 42.0 Å². The van der Waals surface area contributed by atoms with E-state index < -0.39 is 0 Å². The Morgan fingerprint density at radius 3 is 2.55 bits per heavy atom. The van der Waals surface area contributed by atoms with Gasteiger partial charge in [-0.2, -0.15) is 0 Å². The summed E-state index contributed by atoms with van der Waals surface area (Å²) >= 11 is 0. The highest BCUT2D eigenvalue weighted by molar-refractivity contribution is 6.10. The molecule has 29 heavy (non-hydrogen) atoms. The molecule has 6 nitrogen and oxygen atoms in total. The van der Waals surface area contributed by atoms with E-state index in [1.54, 1.807) is 54.6 Å². The van der Waals surface area contributed by atoms with Crippen LogP contribution < -0.4 is 15.8 Å². The molecule has 0 aliphatic rings. The van der Waals surface area contributed by atoms with Gasteiger partial charge in [-0.15, -0.1) is 0 Å². The summed E-state index contributed by atoms with van der Waals surface area (Å²) in [7, 11) is 0. The second-order valence-corrected chi connectivity index (χ2v) is 6.52. The highest BCUT2D eigenvalue weighted by atomic mass is 16.5. The minimum atomic E-state index is -0.385. The van der Waals surface area contributed by atoms with Gasteiger partial charge in [0.1, 0.15) is 5.75 Å². The predicted octanol–water partition coefficient (Wildman–Crippen LogP) is 3.82. The van der Waals surface area contributed by atoms with Crippen LogP contribution in [0.25, 0.3) is 0 Å². The van der Waals surface area contributed by atoms with Crippen molar-refractivity contribution in [3.8, 4) is 5.75 Å². The van der Waals surface area contributed by atoms with Gasteiger partial charge in [-0.3, -0.25) is 9.59 Å². The van der Waals surface area contributed by atoms with Gasteiger partial charge in [0.05, 0.1) is 5.56 Å². The van der Waals surface area contributed by atoms with Crippen LogP contribution in [0.1, 0.15) is 27.0 Å². The first kappa shape index (κ1) is 19.8. The average molecular weight is 387 g/mol. The molecule has 0 atom stereocenters. The maximum Gasteiger partial charge on any atom is 0.262 e. The highest BCUT2D eigenvalue weighted by Crippen LogP contribution is 2.23. The fourth-order valence-corrected chi connectivity index (χ4v) is 2.81. The number of amides is 1. The number of nitrogens with two attached hydrogens (primary N) is 1. The van der Waals surface area contributed by atoms with Crippen molar-refractivity contribution in [3.63, 3.8) is 0 Å². The van der Waals surface area contributed by atoms with Crippen LogP contribution in [0.4, 0.5) is 11.4 Å². The molecular weight excluding hydrogens is 366 g/mol. The normalized spacial score (nSPS) is 10.2. The molecule has 0 bridgehead atoms. The highest BCUT2D eigenvalue weighted by Gasteiger charge is 2.16. The van der Waals surface area contributed by atoms with Crippen molar-refractivity contribution in [1.82, 2.24) is 0 Å². The van der Waals surface area contributed by atoms with Gasteiger partial charge in [0.15, 0.2) is 12.4 Å². The molecule has 6 heteroatoms. The first-order valence-electron chi connectivity index (χ1n) is 9.01. The van der Waals surface area contributed by atoms with Crippen molar-refractivity contribution in [2.24, 2.45) is 0 Å². The van der Waals surface area contributed by atoms with Gasteiger partial charge in [0.2, 0.25) is 0 Å². The van der Waals surface area contributed by atoms with Crippen molar-refractivity contribution in [2.45, 2.75) is 6.92 Å². The summed E-state index contributed by atoms with van der Waals surface area (Å²) in [4.78, 5) is 25.1. The Kier molecular flexibility index (Phi) is 6.04. The lowest BCUT2D eigenvalue weighted by atomic mass is 10.0. The largest absolute Gasteiger partial charge is 0.483 e. The summed E-state index contributed by atoms with van der Waals surface area (Å²) < 4.78 is 5.65. The van der Waals surface area contributed by atoms with E-state index in [1.807, 2.05) is 19.1 Å². The molecule has 0 fully saturated rings. The van der Waals surface area contributed by atoms with E-state index >= 15 is 0 Å². The van der Waals surface area contributed by atoms with Crippen LogP contribution >= 0.6 is 0 Å². The number of rotatable bonds is 7. The third-order valence-corrected chi connectivity index (χ3v) is 4.30. The number of benzene rings is 3. The zero-order chi connectivity index (χ0) is 20.8. The van der Waals surface area contributed by atoms with E-state index in [4.69, 9.17) is 15.9 Å². The van der Waals surface area contributed by atoms with Crippen molar-refractivity contribution in [1.29, 1.82) is 5.41 Å². The Morgan fingerprint density at radius 1 is 1.07 bits per heavy atom. The van der Waals surface area contributed by atoms with E-state index in [0.717, 1.165) is 11.8 Å². The minimum Gasteiger partial charge on any atom is -0.483 e. The Bertz CT molecular complexity index is 1060. The fourth-order valence-electron chi connectivity index (χ4n) is 2.81. The lowest BCUT2D eigenvalue weighted by Crippen LogP contribution is -2.21. The maximum absolute atomic E-state index is 12.8. The molecule has 0 unspecified atom stereocenters. The molecule has 0 heterocycles. The molecule has 3 rings (SSSR count). The Morgan fingerprint density at radius 2 is 1.83 bits per heavy atom. The quantitative estimate of drug-likeness (QED) is 0.325. The first-order valence-corrected chi connectivity index (χ1v) is 9.01. The summed E-state index contributed by atoms with van der Waals surface area (Å²) in [5.41, 5.74) is 9.10. The Labute approximate surface area is 168 Å². The second-order valence-electron chi connectivity index (χ2n) is 6.52. The molecule has 0 aliphatic heterocycles. The van der Waals surface area contributed by atoms with Gasteiger partial charge >= 0.3 is 0 Å². The second kappa shape index (κ2) is 8.84. The van der Waals surface area contributed by atoms with E-state index in [9.17, 15) is 9.59 Å². The lowest BCUT2D eigenvalue weighted by Gasteiger charge is -2.12. The van der Waals surface area contributed by atoms with E-state index in [1.165, 1.54) is 0 Å². The molecule has 0 aliphatic carbocycles. The van der Waals surface area contributed by atoms with Crippen LogP contribution in [0.3, 0.4) is 0 Å². The molecular formula is C23H21N3O3. The van der Waals surface area contributed by atoms with E-state index in [-0.39, 0.29) is 18.3 Å². The van der Waals surface area contributed by atoms with Gasteiger partial charge in [-0.25, -0.2) is 0 Å². The molecule has 0 aromatic heterocycles. The molecule has 4 N–H and O–H groups in total. The molecule has 3 aromatic carbocycles. The van der Waals surface area contributed by atoms with Gasteiger partial charge in [-0.05, 0) is 37.3 Å². The zero-order valence-electron chi connectivity index (χ0n) is 15.9. The van der Waals surface area contributed by atoms with Crippen LogP contribution in [0, 0.1) is 12.3 Å². The van der Waals surface area contributed by atoms with Crippen molar-refractivity contribution >= 4 is 29.3 Å². The zero-order valence-corrected chi connectivity index (χ0v) is 15.9. The van der Waals surface area contributed by atoms with E-state index in [2.05, 4.69) is 5.32 Å². The SMILES string of the molecule is Cc1ccc(OCC(=O)Nc2ccc(N)c(C=N)c2)c(C(=O)c2ccccc2)c1. The number of hydrogen-bond donors (Lipinski definition) is 3. The standard InChI is InChI=1S/C23H21N3O3/c1-15-7-10-21(19(11-15)23(28)16-5-3-2-4-6-16)29-14-22(27)26-18-8-9-20(25)17(12-18)13-24/h2-13,24H,14,25H2,1H3,(H,26,27). The number of carbonyl (C=O) groups is 2. The summed E-state index contributed by atoms with van der Waals surface area (Å²) in [5, 5.41) is 10.0. The topological polar surface area (TPSA) is 105 Å². The van der Waals surface area contributed by atoms with Crippen LogP contribution in [-0.2, 0) is 4.79 Å². The third kappa shape index (κ3) is 4.87. The first-order chi connectivity index (χ1) is 14.0. The van der Waals surface area contributed by atoms with Crippen molar-refractivity contribution in [2.75, 3.05) is 17.7 Å². The fraction of sp³-hybridized carbons (Fsp3) is 0.0870. The Balaban J connectivity index is 1.73. The van der Waals surface area contributed by atoms with Gasteiger partial charge in [0.25, 0.3) is 5.91 Å². The van der Waals surface area contributed by atoms with Crippen LogP contribution in [0.5, 0.6) is 5.75 Å². The number of ether oxygens (including phenoxy) is 1. The minimum absolute atomic E-state index is 0.168. The molecule has 0 saturated heterocycles.